The summed E-state index contributed by atoms with van der Waals surface area (Å²) in [5.41, 5.74) is 30.3. The summed E-state index contributed by atoms with van der Waals surface area (Å²) in [6.07, 6.45) is 0. The topological polar surface area (TPSA) is 22.8 Å². The summed E-state index contributed by atoms with van der Waals surface area (Å²) in [5, 5.41) is 4.75. The van der Waals surface area contributed by atoms with Crippen LogP contribution in [-0.2, 0) is 0 Å². The van der Waals surface area contributed by atoms with Gasteiger partial charge in [-0.25, -0.2) is 0 Å². The van der Waals surface area contributed by atoms with Gasteiger partial charge in [0.1, 0.15) is 0 Å². The number of anilines is 12. The van der Waals surface area contributed by atoms with E-state index in [0.717, 1.165) is 68.2 Å². The van der Waals surface area contributed by atoms with Crippen LogP contribution in [0.3, 0.4) is 0 Å². The third-order valence-corrected chi connectivity index (χ3v) is 21.3. The van der Waals surface area contributed by atoms with E-state index in [1.54, 1.807) is 0 Å². The molecule has 1 aliphatic carbocycles. The zero-order valence-corrected chi connectivity index (χ0v) is 59.2. The van der Waals surface area contributed by atoms with Crippen molar-refractivity contribution in [1.29, 1.82) is 0 Å². The summed E-state index contributed by atoms with van der Waals surface area (Å²) in [7, 11) is 0. The fraction of sp³-hybridized carbons (Fsp3) is 0.125. The smallest absolute Gasteiger partial charge is 0.0631 e. The third kappa shape index (κ3) is 11.5. The molecule has 0 aliphatic heterocycles. The standard InChI is InChI=1S/C96H82N6/c1-63-19-35-73(36-20-63)97(74-37-21-64(2)22-38-74)81-51-55-89-85(59-81)86-60-82(98(75-39-23-65(3)24-40-75)76-41-25-66(4)26-42-76)52-56-90(86)101(89)95-93(71-15-11-9-12-16-71)94(72-17-13-10-14-18-72)96(95)102-91-57-53-83(99(77-43-27-67(5)28-44-77)78-45-29-68(6)30-46-78)61-87(91)88-62-84(54-58-92(88)102)100(79-47-31-69(7)32-48-79)80-49-33-70(8)34-50-80/h9-62,93-96H,1-8H3. The second kappa shape index (κ2) is 26.2. The largest absolute Gasteiger partial charge is 0.335 e. The number of aryl methyl sites for hydroxylation is 8. The Morgan fingerprint density at radius 3 is 0.529 bits per heavy atom. The second-order valence-electron chi connectivity index (χ2n) is 28.4. The Hall–Kier alpha value is -12.1. The maximum atomic E-state index is 2.78. The zero-order valence-electron chi connectivity index (χ0n) is 59.2. The highest BCUT2D eigenvalue weighted by Gasteiger charge is 2.55. The van der Waals surface area contributed by atoms with Gasteiger partial charge < -0.3 is 28.7 Å². The van der Waals surface area contributed by atoms with Crippen LogP contribution in [0.5, 0.6) is 0 Å². The predicted molar refractivity (Wildman–Crippen MR) is 432 cm³/mol. The van der Waals surface area contributed by atoms with Crippen LogP contribution in [0.2, 0.25) is 0 Å². The first-order valence-corrected chi connectivity index (χ1v) is 35.8. The molecule has 4 atom stereocenters. The first kappa shape index (κ1) is 63.3. The number of hydrogen-bond donors (Lipinski definition) is 0. The van der Waals surface area contributed by atoms with Crippen molar-refractivity contribution in [1.82, 2.24) is 9.13 Å². The summed E-state index contributed by atoms with van der Waals surface area (Å²) in [6, 6.07) is 124. The van der Waals surface area contributed by atoms with Crippen molar-refractivity contribution >= 4 is 112 Å². The number of nitrogens with zero attached hydrogens (tertiary/aromatic N) is 6. The minimum absolute atomic E-state index is 0.0353. The van der Waals surface area contributed by atoms with Crippen LogP contribution in [0.1, 0.15) is 79.6 Å². The van der Waals surface area contributed by atoms with Crippen molar-refractivity contribution in [3.8, 4) is 0 Å². The molecule has 0 radical (unpaired) electrons. The average Bonchev–Trinajstić information content (AvgIpc) is 1.49. The van der Waals surface area contributed by atoms with E-state index in [0.29, 0.717) is 0 Å². The highest BCUT2D eigenvalue weighted by molar-refractivity contribution is 6.13. The third-order valence-electron chi connectivity index (χ3n) is 21.3. The lowest BCUT2D eigenvalue weighted by Gasteiger charge is -2.54. The molecule has 14 aromatic carbocycles. The maximum Gasteiger partial charge on any atom is 0.0631 e. The molecule has 16 aromatic rings. The van der Waals surface area contributed by atoms with Gasteiger partial charge in [0.05, 0.1) is 12.1 Å². The van der Waals surface area contributed by atoms with Crippen molar-refractivity contribution < 1.29 is 0 Å². The molecule has 1 saturated carbocycles. The molecule has 0 amide bonds. The van der Waals surface area contributed by atoms with Crippen LogP contribution in [0, 0.1) is 55.4 Å². The van der Waals surface area contributed by atoms with E-state index in [1.165, 1.54) is 99.2 Å². The predicted octanol–water partition coefficient (Wildman–Crippen LogP) is 26.6. The Morgan fingerprint density at radius 1 is 0.186 bits per heavy atom. The molecule has 1 fully saturated rings. The van der Waals surface area contributed by atoms with Crippen molar-refractivity contribution in [2.45, 2.75) is 79.3 Å². The van der Waals surface area contributed by atoms with Gasteiger partial charge in [-0.1, -0.05) is 202 Å². The molecule has 6 nitrogen and oxygen atoms in total. The Balaban J connectivity index is 0.959. The highest BCUT2D eigenvalue weighted by atomic mass is 15.2. The summed E-state index contributed by atoms with van der Waals surface area (Å²) in [4.78, 5) is 9.72. The van der Waals surface area contributed by atoms with Gasteiger partial charge in [-0.2, -0.15) is 0 Å². The van der Waals surface area contributed by atoms with Gasteiger partial charge in [-0.3, -0.25) is 0 Å². The first-order chi connectivity index (χ1) is 49.8. The Kier molecular flexibility index (Phi) is 16.3. The molecule has 0 saturated heterocycles. The van der Waals surface area contributed by atoms with Crippen LogP contribution in [0.25, 0.3) is 43.6 Å². The van der Waals surface area contributed by atoms with E-state index >= 15 is 0 Å². The fourth-order valence-corrected chi connectivity index (χ4v) is 16.1. The van der Waals surface area contributed by atoms with Crippen LogP contribution in [0.15, 0.2) is 328 Å². The molecule has 4 unspecified atom stereocenters. The van der Waals surface area contributed by atoms with Crippen molar-refractivity contribution in [3.05, 3.63) is 383 Å². The van der Waals surface area contributed by atoms with Gasteiger partial charge in [0.25, 0.3) is 0 Å². The van der Waals surface area contributed by atoms with Gasteiger partial charge in [0.15, 0.2) is 0 Å². The number of hydrogen-bond acceptors (Lipinski definition) is 4. The monoisotopic (exact) mass is 1320 g/mol. The Morgan fingerprint density at radius 2 is 0.353 bits per heavy atom. The molecule has 0 N–H and O–H groups in total. The Bertz CT molecular complexity index is 4860. The molecule has 102 heavy (non-hydrogen) atoms. The van der Waals surface area contributed by atoms with Crippen LogP contribution < -0.4 is 19.6 Å². The van der Waals surface area contributed by atoms with Crippen molar-refractivity contribution in [3.63, 3.8) is 0 Å². The molecular weight excluding hydrogens is 1240 g/mol. The highest BCUT2D eigenvalue weighted by Crippen LogP contribution is 2.66. The number of benzene rings is 14. The quantitative estimate of drug-likeness (QED) is 0.0962. The fourth-order valence-electron chi connectivity index (χ4n) is 16.1. The van der Waals surface area contributed by atoms with E-state index < -0.39 is 0 Å². The van der Waals surface area contributed by atoms with E-state index in [-0.39, 0.29) is 23.9 Å². The van der Waals surface area contributed by atoms with Gasteiger partial charge in [0.2, 0.25) is 0 Å². The molecule has 1 aliphatic rings. The Labute approximate surface area is 599 Å². The summed E-state index contributed by atoms with van der Waals surface area (Å²) in [6.45, 7) is 17.3. The number of rotatable bonds is 16. The molecule has 0 spiro atoms. The maximum absolute atomic E-state index is 2.78. The average molecular weight is 1320 g/mol. The SMILES string of the molecule is Cc1ccc(N(c2ccc(C)cc2)c2ccc3c(c2)c2cc(N(c4ccc(C)cc4)c4ccc(C)cc4)ccc2n3C2C(c3ccccc3)C(c3ccccc3)C2n2c3ccc(N(c4ccc(C)cc4)c4ccc(C)cc4)cc3c3cc(N(c4ccc(C)cc4)c4ccc(C)cc4)ccc32)cc1. The lowest BCUT2D eigenvalue weighted by atomic mass is 9.59. The van der Waals surface area contributed by atoms with Gasteiger partial charge in [0, 0.05) is 124 Å². The first-order valence-electron chi connectivity index (χ1n) is 35.8. The van der Waals surface area contributed by atoms with Crippen molar-refractivity contribution in [2.75, 3.05) is 19.6 Å². The van der Waals surface area contributed by atoms with E-state index in [9.17, 15) is 0 Å². The minimum atomic E-state index is -0.115. The minimum Gasteiger partial charge on any atom is -0.335 e. The van der Waals surface area contributed by atoms with E-state index in [2.05, 4.69) is 412 Å². The summed E-state index contributed by atoms with van der Waals surface area (Å²) >= 11 is 0. The summed E-state index contributed by atoms with van der Waals surface area (Å²) in [5.74, 6) is 0.0707. The number of fused-ring (bicyclic) bond motifs is 6. The molecule has 496 valence electrons. The zero-order chi connectivity index (χ0) is 69.3. The number of aromatic nitrogens is 2. The molecule has 2 aromatic heterocycles. The van der Waals surface area contributed by atoms with Gasteiger partial charge in [-0.15, -0.1) is 0 Å². The summed E-state index contributed by atoms with van der Waals surface area (Å²) < 4.78 is 5.55. The van der Waals surface area contributed by atoms with Crippen LogP contribution in [0.4, 0.5) is 68.2 Å². The van der Waals surface area contributed by atoms with Crippen molar-refractivity contribution in [2.24, 2.45) is 0 Å². The lowest BCUT2D eigenvalue weighted by molar-refractivity contribution is 0.119. The molecule has 2 heterocycles. The lowest BCUT2D eigenvalue weighted by Crippen LogP contribution is -2.45. The van der Waals surface area contributed by atoms with Crippen LogP contribution >= 0.6 is 0 Å². The van der Waals surface area contributed by atoms with Gasteiger partial charge >= 0.3 is 0 Å². The van der Waals surface area contributed by atoms with Crippen LogP contribution in [-0.4, -0.2) is 9.13 Å². The normalized spacial score (nSPS) is 15.1. The van der Waals surface area contributed by atoms with Gasteiger partial charge in [-0.05, 0) is 236 Å². The molecule has 17 rings (SSSR count). The second-order valence-corrected chi connectivity index (χ2v) is 28.4. The molecule has 6 heteroatoms. The van der Waals surface area contributed by atoms with E-state index in [1.807, 2.05) is 0 Å². The molecule has 0 bridgehead atoms. The van der Waals surface area contributed by atoms with E-state index in [4.69, 9.17) is 0 Å². The molecular formula is C96H82N6.